The second-order valence-electron chi connectivity index (χ2n) is 4.66. The van der Waals surface area contributed by atoms with Crippen LogP contribution in [0.25, 0.3) is 0 Å². The molecular weight excluding hydrogens is 280 g/mol. The highest BCUT2D eigenvalue weighted by Gasteiger charge is 2.39. The van der Waals surface area contributed by atoms with Crippen molar-refractivity contribution in [2.75, 3.05) is 19.3 Å². The Balaban J connectivity index is 1.98. The Morgan fingerprint density at radius 3 is 2.74 bits per heavy atom. The third kappa shape index (κ3) is 3.62. The molecule has 0 aromatic carbocycles. The zero-order valence-electron chi connectivity index (χ0n) is 10.5. The molecule has 0 amide bonds. The Morgan fingerprint density at radius 1 is 1.47 bits per heavy atom. The molecule has 2 heterocycles. The van der Waals surface area contributed by atoms with E-state index in [0.717, 1.165) is 10.6 Å². The van der Waals surface area contributed by atoms with Gasteiger partial charge in [0.05, 0.1) is 18.8 Å². The monoisotopic (exact) mass is 297 g/mol. The van der Waals surface area contributed by atoms with Crippen molar-refractivity contribution in [1.29, 1.82) is 0 Å². The number of hydrazine groups is 1. The summed E-state index contributed by atoms with van der Waals surface area (Å²) in [5, 5.41) is 1.45. The van der Waals surface area contributed by atoms with E-state index in [1.54, 1.807) is 6.08 Å². The molecule has 2 aliphatic rings. The van der Waals surface area contributed by atoms with Crippen molar-refractivity contribution in [2.45, 2.75) is 31.4 Å². The number of halogens is 2. The van der Waals surface area contributed by atoms with Gasteiger partial charge in [-0.1, -0.05) is 5.17 Å². The van der Waals surface area contributed by atoms with Gasteiger partial charge in [-0.25, -0.2) is 22.6 Å². The molecule has 0 radical (unpaired) electrons. The number of piperidine rings is 1. The molecular formula is C10H17F2N3O3S. The van der Waals surface area contributed by atoms with Gasteiger partial charge in [0, 0.05) is 12.6 Å². The molecule has 110 valence electrons. The number of alkyl halides is 2. The third-order valence-electron chi connectivity index (χ3n) is 3.19. The number of hydrogen-bond acceptors (Lipinski definition) is 5. The lowest BCUT2D eigenvalue weighted by Gasteiger charge is -2.38. The SMILES string of the molecule is CS(=O)(=O)N1CCC(NN2CC=CO2)CC1C(F)F. The lowest BCUT2D eigenvalue weighted by atomic mass is 10.0. The first-order valence-electron chi connectivity index (χ1n) is 5.98. The first-order chi connectivity index (χ1) is 8.88. The standard InChI is InChI=1S/C10H17F2N3O3S/c1-19(16,17)14-5-3-8(7-9(14)10(11)12)13-15-4-2-6-18-15/h2,6,8-10,13H,3-5,7H2,1H3. The first kappa shape index (κ1) is 14.6. The van der Waals surface area contributed by atoms with E-state index in [9.17, 15) is 17.2 Å². The van der Waals surface area contributed by atoms with E-state index < -0.39 is 22.5 Å². The average Bonchev–Trinajstić information content (AvgIpc) is 2.80. The van der Waals surface area contributed by atoms with Crippen molar-refractivity contribution in [2.24, 2.45) is 0 Å². The molecule has 0 aliphatic carbocycles. The van der Waals surface area contributed by atoms with E-state index in [1.165, 1.54) is 11.4 Å². The summed E-state index contributed by atoms with van der Waals surface area (Å²) >= 11 is 0. The normalized spacial score (nSPS) is 29.9. The Labute approximate surface area is 111 Å². The summed E-state index contributed by atoms with van der Waals surface area (Å²) < 4.78 is 49.8. The minimum Gasteiger partial charge on any atom is -0.399 e. The van der Waals surface area contributed by atoms with Crippen LogP contribution in [-0.2, 0) is 14.9 Å². The summed E-state index contributed by atoms with van der Waals surface area (Å²) in [5.41, 5.74) is 2.97. The maximum Gasteiger partial charge on any atom is 0.255 e. The van der Waals surface area contributed by atoms with Crippen molar-refractivity contribution in [3.63, 3.8) is 0 Å². The van der Waals surface area contributed by atoms with E-state index in [2.05, 4.69) is 5.43 Å². The largest absolute Gasteiger partial charge is 0.399 e. The number of nitrogens with zero attached hydrogens (tertiary/aromatic N) is 2. The van der Waals surface area contributed by atoms with Crippen LogP contribution in [0.3, 0.4) is 0 Å². The maximum absolute atomic E-state index is 13.0. The predicted octanol–water partition coefficient (Wildman–Crippen LogP) is 0.310. The highest BCUT2D eigenvalue weighted by Crippen LogP contribution is 2.25. The summed E-state index contributed by atoms with van der Waals surface area (Å²) in [6, 6.07) is -1.51. The molecule has 0 bridgehead atoms. The van der Waals surface area contributed by atoms with Crippen LogP contribution in [0, 0.1) is 0 Å². The second kappa shape index (κ2) is 5.70. The summed E-state index contributed by atoms with van der Waals surface area (Å²) in [4.78, 5) is 5.07. The average molecular weight is 297 g/mol. The van der Waals surface area contributed by atoms with E-state index in [4.69, 9.17) is 4.84 Å². The number of nitrogens with one attached hydrogen (secondary N) is 1. The van der Waals surface area contributed by atoms with Crippen LogP contribution in [-0.4, -0.2) is 55.7 Å². The molecule has 0 spiro atoms. The van der Waals surface area contributed by atoms with Crippen LogP contribution in [0.4, 0.5) is 8.78 Å². The molecule has 2 aliphatic heterocycles. The van der Waals surface area contributed by atoms with Gasteiger partial charge >= 0.3 is 0 Å². The Kier molecular flexibility index (Phi) is 4.39. The van der Waals surface area contributed by atoms with Crippen LogP contribution >= 0.6 is 0 Å². The van der Waals surface area contributed by atoms with Crippen LogP contribution in [0.5, 0.6) is 0 Å². The molecule has 6 nitrogen and oxygen atoms in total. The quantitative estimate of drug-likeness (QED) is 0.809. The van der Waals surface area contributed by atoms with E-state index >= 15 is 0 Å². The van der Waals surface area contributed by atoms with Gasteiger partial charge in [-0.2, -0.15) is 4.31 Å². The van der Waals surface area contributed by atoms with Crippen molar-refractivity contribution in [3.8, 4) is 0 Å². The maximum atomic E-state index is 13.0. The molecule has 0 aromatic heterocycles. The van der Waals surface area contributed by atoms with Gasteiger partial charge in [-0.15, -0.1) is 0 Å². The Bertz CT molecular complexity index is 435. The highest BCUT2D eigenvalue weighted by molar-refractivity contribution is 7.88. The van der Waals surface area contributed by atoms with Gasteiger partial charge in [0.2, 0.25) is 10.0 Å². The minimum absolute atomic E-state index is 0.0601. The Hall–Kier alpha value is -0.770. The van der Waals surface area contributed by atoms with Crippen molar-refractivity contribution >= 4 is 10.0 Å². The Morgan fingerprint density at radius 2 is 2.21 bits per heavy atom. The zero-order chi connectivity index (χ0) is 14.0. The number of rotatable bonds is 4. The molecule has 2 atom stereocenters. The highest BCUT2D eigenvalue weighted by atomic mass is 32.2. The predicted molar refractivity (Wildman–Crippen MR) is 64.4 cm³/mol. The number of hydrogen-bond donors (Lipinski definition) is 1. The van der Waals surface area contributed by atoms with Gasteiger partial charge in [0.1, 0.15) is 6.26 Å². The van der Waals surface area contributed by atoms with Crippen LogP contribution in [0.1, 0.15) is 12.8 Å². The lowest BCUT2D eigenvalue weighted by Crippen LogP contribution is -2.55. The zero-order valence-corrected chi connectivity index (χ0v) is 11.3. The van der Waals surface area contributed by atoms with Gasteiger partial charge in [0.15, 0.2) is 0 Å². The second-order valence-corrected chi connectivity index (χ2v) is 6.60. The fraction of sp³-hybridized carbons (Fsp3) is 0.800. The lowest BCUT2D eigenvalue weighted by molar-refractivity contribution is -0.137. The number of sulfonamides is 1. The molecule has 0 aromatic rings. The fourth-order valence-electron chi connectivity index (χ4n) is 2.32. The van der Waals surface area contributed by atoms with Gasteiger partial charge < -0.3 is 4.84 Å². The van der Waals surface area contributed by atoms with Crippen LogP contribution < -0.4 is 5.43 Å². The van der Waals surface area contributed by atoms with Crippen LogP contribution in [0.15, 0.2) is 12.3 Å². The number of hydroxylamine groups is 1. The molecule has 19 heavy (non-hydrogen) atoms. The van der Waals surface area contributed by atoms with Crippen molar-refractivity contribution in [1.82, 2.24) is 14.9 Å². The van der Waals surface area contributed by atoms with Crippen molar-refractivity contribution < 1.29 is 22.0 Å². The van der Waals surface area contributed by atoms with Crippen molar-refractivity contribution in [3.05, 3.63) is 12.3 Å². The molecule has 0 saturated carbocycles. The van der Waals surface area contributed by atoms with E-state index in [-0.39, 0.29) is 19.0 Å². The summed E-state index contributed by atoms with van der Waals surface area (Å²) in [6.45, 7) is 0.623. The van der Waals surface area contributed by atoms with Gasteiger partial charge in [-0.3, -0.25) is 0 Å². The molecule has 2 rings (SSSR count). The van der Waals surface area contributed by atoms with E-state index in [1.807, 2.05) is 0 Å². The molecule has 1 fully saturated rings. The van der Waals surface area contributed by atoms with E-state index in [0.29, 0.717) is 13.0 Å². The minimum atomic E-state index is -3.60. The molecule has 1 saturated heterocycles. The molecule has 1 N–H and O–H groups in total. The molecule has 9 heteroatoms. The van der Waals surface area contributed by atoms with Crippen LogP contribution in [0.2, 0.25) is 0 Å². The van der Waals surface area contributed by atoms with Gasteiger partial charge in [-0.05, 0) is 18.9 Å². The smallest absolute Gasteiger partial charge is 0.255 e. The summed E-state index contributed by atoms with van der Waals surface area (Å²) in [5.74, 6) is 0. The first-order valence-corrected chi connectivity index (χ1v) is 7.83. The topological polar surface area (TPSA) is 61.9 Å². The third-order valence-corrected chi connectivity index (χ3v) is 4.50. The molecule has 2 unspecified atom stereocenters. The summed E-state index contributed by atoms with van der Waals surface area (Å²) in [6.07, 6.45) is 2.08. The summed E-state index contributed by atoms with van der Waals surface area (Å²) in [7, 11) is -3.60. The van der Waals surface area contributed by atoms with Gasteiger partial charge in [0.25, 0.3) is 6.43 Å². The fourth-order valence-corrected chi connectivity index (χ4v) is 3.43.